The lowest BCUT2D eigenvalue weighted by Gasteiger charge is -2.08. The van der Waals surface area contributed by atoms with Gasteiger partial charge in [0.2, 0.25) is 0 Å². The second-order valence-electron chi connectivity index (χ2n) is 19.4. The molecule has 24 nitrogen and oxygen atoms in total. The molecule has 0 spiro atoms. The number of aromatic nitrogens is 12. The van der Waals surface area contributed by atoms with Gasteiger partial charge in [0.05, 0.1) is 0 Å². The number of carbonyl (C=O) groups excluding carboxylic acids is 8. The van der Waals surface area contributed by atoms with Gasteiger partial charge in [-0.25, -0.2) is 0 Å². The van der Waals surface area contributed by atoms with Crippen LogP contribution in [0, 0.1) is 34.6 Å². The number of rotatable bonds is 16. The molecule has 4 N–H and O–H groups in total. The monoisotopic (exact) mass is 1250 g/mol. The molecular weight excluding hydrogens is 1190 g/mol. The third-order valence-corrected chi connectivity index (χ3v) is 12.8. The van der Waals surface area contributed by atoms with Crippen LogP contribution in [0.25, 0.3) is 44.5 Å². The van der Waals surface area contributed by atoms with E-state index in [0.29, 0.717) is 49.9 Å². The molecule has 4 aromatic heterocycles. The second-order valence-corrected chi connectivity index (χ2v) is 19.4. The number of hydrogen-bond acceptors (Lipinski definition) is 20. The summed E-state index contributed by atoms with van der Waals surface area (Å²) in [5.74, 6) is 2.03. The number of nitrogens with one attached hydrogen (secondary N) is 4. The topological polar surface area (TPSA) is 340 Å². The summed E-state index contributed by atoms with van der Waals surface area (Å²) in [4.78, 5) is 65.0. The van der Waals surface area contributed by atoms with Crippen LogP contribution in [0.15, 0.2) is 213 Å². The van der Waals surface area contributed by atoms with Gasteiger partial charge in [0, 0.05) is 0 Å². The summed E-state index contributed by atoms with van der Waals surface area (Å²) in [6.45, 7) is 12.5. The molecule has 4 heterocycles. The molecule has 0 atom stereocenters. The highest BCUT2D eigenvalue weighted by Gasteiger charge is 2.07. The van der Waals surface area contributed by atoms with Gasteiger partial charge in [-0.05, 0) is 107 Å². The van der Waals surface area contributed by atoms with E-state index in [1.807, 2.05) is 0 Å². The van der Waals surface area contributed by atoms with Crippen molar-refractivity contribution >= 4 is 24.6 Å². The van der Waals surface area contributed by atoms with E-state index in [0.717, 1.165) is 22.3 Å². The quantitative estimate of drug-likeness (QED) is 0.0698. The van der Waals surface area contributed by atoms with E-state index >= 15 is 0 Å². The SMILES string of the molecule is Cc1ccc(-c2ccc(COc3cn[nH]n3)cc2)c(C)c1.Cc1ccc(-c2ccc(COc3cn[nH]n3)cc2)cc1.Cc1ccc(-c2ccc(COc3cn[nH]n3)cc2)cc1.Cc1ccc(-c2ccc(COc3cn[nH]n3)cc2)cc1.O=C=O.O=C=O.O=C=O.O=C=O. The first-order valence-corrected chi connectivity index (χ1v) is 27.9. The molecule has 12 rings (SSSR count). The zero-order valence-electron chi connectivity index (χ0n) is 51.0. The van der Waals surface area contributed by atoms with Gasteiger partial charge < -0.3 is 18.9 Å². The van der Waals surface area contributed by atoms with Crippen molar-refractivity contribution < 1.29 is 57.3 Å². The second kappa shape index (κ2) is 40.5. The molecule has 0 saturated heterocycles. The Balaban J connectivity index is 0.000000212. The normalized spacial score (nSPS) is 9.47. The van der Waals surface area contributed by atoms with E-state index in [4.69, 9.17) is 57.3 Å². The number of H-pyrrole nitrogens is 4. The Morgan fingerprint density at radius 3 is 0.688 bits per heavy atom. The molecule has 0 aliphatic rings. The molecule has 8 aromatic carbocycles. The predicted octanol–water partition coefficient (Wildman–Crippen LogP) is 11.4. The summed E-state index contributed by atoms with van der Waals surface area (Å²) in [5, 5.41) is 40.3. The van der Waals surface area contributed by atoms with Crippen molar-refractivity contribution in [1.29, 1.82) is 0 Å². The molecule has 0 saturated carbocycles. The van der Waals surface area contributed by atoms with Crippen LogP contribution in [0.3, 0.4) is 0 Å². The Hall–Kier alpha value is -13.0. The van der Waals surface area contributed by atoms with Crippen molar-refractivity contribution in [3.8, 4) is 68.0 Å². The van der Waals surface area contributed by atoms with Gasteiger partial charge in [-0.3, -0.25) is 0 Å². The fraction of sp³-hybridized carbons (Fsp3) is 0.130. The highest BCUT2D eigenvalue weighted by Crippen LogP contribution is 2.26. The number of aromatic amines is 4. The van der Waals surface area contributed by atoms with E-state index in [2.05, 4.69) is 284 Å². The van der Waals surface area contributed by atoms with E-state index in [-0.39, 0.29) is 24.6 Å². The molecule has 0 amide bonds. The van der Waals surface area contributed by atoms with Gasteiger partial charge in [-0.15, -0.1) is 20.4 Å². The Bertz CT molecular complexity index is 3790. The lowest BCUT2D eigenvalue weighted by Crippen LogP contribution is -1.95. The molecule has 12 aromatic rings. The molecule has 0 radical (unpaired) electrons. The van der Waals surface area contributed by atoms with E-state index in [1.165, 1.54) is 72.3 Å². The van der Waals surface area contributed by atoms with Gasteiger partial charge in [0.15, 0.2) is 0 Å². The van der Waals surface area contributed by atoms with Crippen LogP contribution < -0.4 is 18.9 Å². The van der Waals surface area contributed by atoms with Crippen molar-refractivity contribution in [2.45, 2.75) is 61.0 Å². The van der Waals surface area contributed by atoms with Gasteiger partial charge in [-0.1, -0.05) is 210 Å². The zero-order valence-corrected chi connectivity index (χ0v) is 51.0. The van der Waals surface area contributed by atoms with Gasteiger partial charge in [-0.2, -0.15) is 79.6 Å². The first kappa shape index (κ1) is 70.8. The lowest BCUT2D eigenvalue weighted by atomic mass is 9.98. The number of ether oxygens (including phenoxy) is 4. The van der Waals surface area contributed by atoms with Crippen molar-refractivity contribution in [2.24, 2.45) is 0 Å². The molecule has 0 fully saturated rings. The predicted molar refractivity (Wildman–Crippen MR) is 334 cm³/mol. The summed E-state index contributed by atoms with van der Waals surface area (Å²) in [6.07, 6.45) is 7.23. The highest BCUT2D eigenvalue weighted by molar-refractivity contribution is 5.68. The number of hydrogen-bond donors (Lipinski definition) is 4. The summed E-state index contributed by atoms with van der Waals surface area (Å²) in [5.41, 5.74) is 20.6. The first-order chi connectivity index (χ1) is 45.3. The molecule has 0 aliphatic heterocycles. The molecule has 0 bridgehead atoms. The van der Waals surface area contributed by atoms with Gasteiger partial charge in [0.1, 0.15) is 51.2 Å². The minimum absolute atomic E-state index is 0.250. The van der Waals surface area contributed by atoms with Crippen LogP contribution in [0.5, 0.6) is 23.5 Å². The average molecular weight is 1250 g/mol. The smallest absolute Gasteiger partial charge is 0.373 e. The number of benzene rings is 8. The molecule has 93 heavy (non-hydrogen) atoms. The minimum atomic E-state index is 0.250. The maximum atomic E-state index is 8.12. The average Bonchev–Trinajstić information content (AvgIpc) is 2.65. The van der Waals surface area contributed by atoms with Gasteiger partial charge in [0.25, 0.3) is 23.5 Å². The fourth-order valence-electron chi connectivity index (χ4n) is 8.21. The van der Waals surface area contributed by atoms with Crippen LogP contribution in [0.1, 0.15) is 50.1 Å². The van der Waals surface area contributed by atoms with Crippen LogP contribution in [0.4, 0.5) is 0 Å². The fourth-order valence-corrected chi connectivity index (χ4v) is 8.21. The summed E-state index contributed by atoms with van der Waals surface area (Å²) in [7, 11) is 0. The number of nitrogens with zero attached hydrogens (tertiary/aromatic N) is 8. The summed E-state index contributed by atoms with van der Waals surface area (Å²) >= 11 is 0. The Kier molecular flexibility index (Phi) is 30.8. The van der Waals surface area contributed by atoms with Crippen molar-refractivity contribution in [3.05, 3.63) is 263 Å². The summed E-state index contributed by atoms with van der Waals surface area (Å²) < 4.78 is 22.0. The minimum Gasteiger partial charge on any atom is -0.471 e. The standard InChI is InChI=1S/C17H17N3O.3C16H15N3O.4CO2/c1-12-3-8-16(13(2)9-12)15-6-4-14(5-7-15)11-21-17-10-18-20-19-17;3*1-12-2-6-14(7-3-12)15-8-4-13(5-9-15)11-20-16-10-17-19-18-16;4*2-1-3/h3-10H,11H2,1-2H3,(H,18,19,20);3*2-10H,11H2,1H3,(H,17,18,19);;;;. The van der Waals surface area contributed by atoms with E-state index < -0.39 is 0 Å². The molecule has 470 valence electrons. The molecule has 0 unspecified atom stereocenters. The van der Waals surface area contributed by atoms with Crippen molar-refractivity contribution in [2.75, 3.05) is 0 Å². The van der Waals surface area contributed by atoms with Gasteiger partial charge >= 0.3 is 24.6 Å². The van der Waals surface area contributed by atoms with Crippen LogP contribution >= 0.6 is 0 Å². The molecule has 0 aliphatic carbocycles. The third-order valence-electron chi connectivity index (χ3n) is 12.8. The Morgan fingerprint density at radius 2 is 0.484 bits per heavy atom. The zero-order chi connectivity index (χ0) is 66.8. The maximum Gasteiger partial charge on any atom is 0.373 e. The van der Waals surface area contributed by atoms with E-state index in [9.17, 15) is 0 Å². The Morgan fingerprint density at radius 1 is 0.280 bits per heavy atom. The van der Waals surface area contributed by atoms with E-state index in [1.54, 1.807) is 24.8 Å². The first-order valence-electron chi connectivity index (χ1n) is 27.9. The largest absolute Gasteiger partial charge is 0.471 e. The van der Waals surface area contributed by atoms with Crippen LogP contribution in [-0.2, 0) is 64.8 Å². The Labute approximate surface area is 533 Å². The number of aryl methyl sites for hydroxylation is 5. The third kappa shape index (κ3) is 26.1. The van der Waals surface area contributed by atoms with Crippen molar-refractivity contribution in [3.63, 3.8) is 0 Å². The van der Waals surface area contributed by atoms with Crippen LogP contribution in [-0.4, -0.2) is 86.2 Å². The highest BCUT2D eigenvalue weighted by atomic mass is 16.5. The maximum absolute atomic E-state index is 8.12. The summed E-state index contributed by atoms with van der Waals surface area (Å²) in [6, 6.07) is 65.5. The van der Waals surface area contributed by atoms with Crippen LogP contribution in [0.2, 0.25) is 0 Å². The van der Waals surface area contributed by atoms with Crippen molar-refractivity contribution in [1.82, 2.24) is 61.6 Å². The molecule has 24 heteroatoms. The molecular formula is C69H62N12O12. The lowest BCUT2D eigenvalue weighted by molar-refractivity contribution is -0.193.